The standard InChI is InChI=1S/C12H13F2N3S/c1-7(2)15-6-11-12(16-17-18-11)9-4-3-8(13)5-10(9)14/h3-5,7,15H,6H2,1-2H3. The summed E-state index contributed by atoms with van der Waals surface area (Å²) in [7, 11) is 0. The van der Waals surface area contributed by atoms with Crippen LogP contribution in [0.15, 0.2) is 18.2 Å². The van der Waals surface area contributed by atoms with E-state index in [-0.39, 0.29) is 5.56 Å². The second-order valence-electron chi connectivity index (χ2n) is 4.20. The van der Waals surface area contributed by atoms with Crippen LogP contribution >= 0.6 is 11.5 Å². The fraction of sp³-hybridized carbons (Fsp3) is 0.333. The van der Waals surface area contributed by atoms with Crippen molar-refractivity contribution >= 4 is 11.5 Å². The van der Waals surface area contributed by atoms with Gasteiger partial charge in [0, 0.05) is 24.2 Å². The van der Waals surface area contributed by atoms with E-state index in [4.69, 9.17) is 0 Å². The molecule has 1 aromatic heterocycles. The van der Waals surface area contributed by atoms with Gasteiger partial charge in [0.25, 0.3) is 0 Å². The molecule has 0 saturated carbocycles. The van der Waals surface area contributed by atoms with Crippen molar-refractivity contribution in [1.29, 1.82) is 0 Å². The van der Waals surface area contributed by atoms with Gasteiger partial charge in [-0.3, -0.25) is 0 Å². The van der Waals surface area contributed by atoms with Gasteiger partial charge < -0.3 is 5.32 Å². The number of rotatable bonds is 4. The summed E-state index contributed by atoms with van der Waals surface area (Å²) < 4.78 is 30.4. The average molecular weight is 269 g/mol. The van der Waals surface area contributed by atoms with Gasteiger partial charge in [-0.2, -0.15) is 0 Å². The molecule has 0 aliphatic carbocycles. The molecular weight excluding hydrogens is 256 g/mol. The van der Waals surface area contributed by atoms with Crippen molar-refractivity contribution < 1.29 is 8.78 Å². The van der Waals surface area contributed by atoms with Crippen LogP contribution in [-0.2, 0) is 6.54 Å². The lowest BCUT2D eigenvalue weighted by molar-refractivity contribution is 0.583. The molecule has 3 nitrogen and oxygen atoms in total. The second kappa shape index (κ2) is 5.49. The van der Waals surface area contributed by atoms with Gasteiger partial charge >= 0.3 is 0 Å². The summed E-state index contributed by atoms with van der Waals surface area (Å²) in [5.74, 6) is -1.21. The van der Waals surface area contributed by atoms with Gasteiger partial charge in [-0.15, -0.1) is 5.10 Å². The van der Waals surface area contributed by atoms with Crippen LogP contribution in [0.3, 0.4) is 0 Å². The van der Waals surface area contributed by atoms with Crippen LogP contribution < -0.4 is 5.32 Å². The van der Waals surface area contributed by atoms with E-state index < -0.39 is 11.6 Å². The molecule has 0 radical (unpaired) electrons. The Kier molecular flexibility index (Phi) is 3.98. The number of benzene rings is 1. The molecule has 0 saturated heterocycles. The first-order chi connectivity index (χ1) is 8.58. The number of hydrogen-bond acceptors (Lipinski definition) is 4. The summed E-state index contributed by atoms with van der Waals surface area (Å²) in [6.45, 7) is 4.61. The monoisotopic (exact) mass is 269 g/mol. The molecule has 96 valence electrons. The van der Waals surface area contributed by atoms with Crippen LogP contribution in [0.2, 0.25) is 0 Å². The predicted molar refractivity (Wildman–Crippen MR) is 67.2 cm³/mol. The summed E-state index contributed by atoms with van der Waals surface area (Å²) in [4.78, 5) is 0.842. The lowest BCUT2D eigenvalue weighted by atomic mass is 10.1. The molecule has 0 unspecified atom stereocenters. The van der Waals surface area contributed by atoms with E-state index in [0.29, 0.717) is 18.3 Å². The summed E-state index contributed by atoms with van der Waals surface area (Å²) in [6, 6.07) is 3.78. The second-order valence-corrected chi connectivity index (χ2v) is 5.04. The molecule has 2 rings (SSSR count). The molecule has 1 aromatic carbocycles. The van der Waals surface area contributed by atoms with E-state index in [1.165, 1.54) is 23.7 Å². The Balaban J connectivity index is 2.30. The lowest BCUT2D eigenvalue weighted by Gasteiger charge is -2.07. The first-order valence-electron chi connectivity index (χ1n) is 5.58. The normalized spacial score (nSPS) is 11.2. The van der Waals surface area contributed by atoms with Gasteiger partial charge in [-0.05, 0) is 23.7 Å². The largest absolute Gasteiger partial charge is 0.310 e. The quantitative estimate of drug-likeness (QED) is 0.927. The van der Waals surface area contributed by atoms with Gasteiger partial charge in [0.1, 0.15) is 17.3 Å². The van der Waals surface area contributed by atoms with Gasteiger partial charge in [0.15, 0.2) is 0 Å². The number of hydrogen-bond donors (Lipinski definition) is 1. The van der Waals surface area contributed by atoms with Crippen LogP contribution in [-0.4, -0.2) is 15.6 Å². The highest BCUT2D eigenvalue weighted by atomic mass is 32.1. The highest BCUT2D eigenvalue weighted by Crippen LogP contribution is 2.26. The molecule has 1 heterocycles. The Bertz CT molecular complexity index is 540. The smallest absolute Gasteiger partial charge is 0.135 e. The van der Waals surface area contributed by atoms with Gasteiger partial charge in [0.05, 0.1) is 4.88 Å². The van der Waals surface area contributed by atoms with Gasteiger partial charge in [0.2, 0.25) is 0 Å². The number of halogens is 2. The third-order valence-corrected chi connectivity index (χ3v) is 3.13. The Morgan fingerprint density at radius 3 is 2.78 bits per heavy atom. The first kappa shape index (κ1) is 13.0. The minimum atomic E-state index is -0.617. The fourth-order valence-corrected chi connectivity index (χ4v) is 2.11. The summed E-state index contributed by atoms with van der Waals surface area (Å²) >= 11 is 1.22. The Morgan fingerprint density at radius 2 is 2.11 bits per heavy atom. The summed E-state index contributed by atoms with van der Waals surface area (Å²) in [6.07, 6.45) is 0. The van der Waals surface area contributed by atoms with Crippen molar-refractivity contribution in [1.82, 2.24) is 14.9 Å². The molecule has 0 atom stereocenters. The zero-order valence-electron chi connectivity index (χ0n) is 10.1. The average Bonchev–Trinajstić information content (AvgIpc) is 2.74. The molecule has 0 aliphatic heterocycles. The Labute approximate surface area is 108 Å². The summed E-state index contributed by atoms with van der Waals surface area (Å²) in [5.41, 5.74) is 0.761. The number of aromatic nitrogens is 2. The highest BCUT2D eigenvalue weighted by Gasteiger charge is 2.15. The van der Waals surface area contributed by atoms with Gasteiger partial charge in [-0.1, -0.05) is 18.3 Å². The minimum Gasteiger partial charge on any atom is -0.310 e. The molecule has 0 fully saturated rings. The summed E-state index contributed by atoms with van der Waals surface area (Å²) in [5, 5.41) is 7.14. The zero-order chi connectivity index (χ0) is 13.1. The molecule has 2 aromatic rings. The van der Waals surface area contributed by atoms with Crippen LogP contribution in [0.5, 0.6) is 0 Å². The maximum atomic E-state index is 13.7. The fourth-order valence-electron chi connectivity index (χ4n) is 1.51. The van der Waals surface area contributed by atoms with Crippen molar-refractivity contribution in [3.05, 3.63) is 34.7 Å². The SMILES string of the molecule is CC(C)NCc1snnc1-c1ccc(F)cc1F. The van der Waals surface area contributed by atoms with Crippen molar-refractivity contribution in [3.63, 3.8) is 0 Å². The molecule has 0 bridgehead atoms. The first-order valence-corrected chi connectivity index (χ1v) is 6.35. The number of nitrogens with one attached hydrogen (secondary N) is 1. The van der Waals surface area contributed by atoms with E-state index in [2.05, 4.69) is 14.9 Å². The molecule has 6 heteroatoms. The molecule has 0 amide bonds. The molecule has 0 aliphatic rings. The van der Waals surface area contributed by atoms with Gasteiger partial charge in [-0.25, -0.2) is 8.78 Å². The Hall–Kier alpha value is -1.40. The van der Waals surface area contributed by atoms with E-state index in [9.17, 15) is 8.78 Å². The van der Waals surface area contributed by atoms with Crippen LogP contribution in [0, 0.1) is 11.6 Å². The van der Waals surface area contributed by atoms with E-state index >= 15 is 0 Å². The number of nitrogens with zero attached hydrogens (tertiary/aromatic N) is 2. The zero-order valence-corrected chi connectivity index (χ0v) is 10.9. The van der Waals surface area contributed by atoms with Crippen LogP contribution in [0.1, 0.15) is 18.7 Å². The Morgan fingerprint density at radius 1 is 1.33 bits per heavy atom. The van der Waals surface area contributed by atoms with Crippen LogP contribution in [0.4, 0.5) is 8.78 Å². The lowest BCUT2D eigenvalue weighted by Crippen LogP contribution is -2.21. The maximum absolute atomic E-state index is 13.7. The van der Waals surface area contributed by atoms with E-state index in [1.54, 1.807) is 0 Å². The molecule has 18 heavy (non-hydrogen) atoms. The minimum absolute atomic E-state index is 0.283. The third-order valence-electron chi connectivity index (χ3n) is 2.41. The molecular formula is C12H13F2N3S. The van der Waals surface area contributed by atoms with Crippen LogP contribution in [0.25, 0.3) is 11.3 Å². The highest BCUT2D eigenvalue weighted by molar-refractivity contribution is 7.05. The van der Waals surface area contributed by atoms with Crippen molar-refractivity contribution in [2.45, 2.75) is 26.4 Å². The maximum Gasteiger partial charge on any atom is 0.135 e. The third kappa shape index (κ3) is 2.88. The van der Waals surface area contributed by atoms with Crippen molar-refractivity contribution in [2.75, 3.05) is 0 Å². The van der Waals surface area contributed by atoms with E-state index in [1.807, 2.05) is 13.8 Å². The molecule has 1 N–H and O–H groups in total. The van der Waals surface area contributed by atoms with Crippen molar-refractivity contribution in [2.24, 2.45) is 0 Å². The van der Waals surface area contributed by atoms with E-state index in [0.717, 1.165) is 10.9 Å². The molecule has 0 spiro atoms. The predicted octanol–water partition coefficient (Wildman–Crippen LogP) is 2.98. The van der Waals surface area contributed by atoms with Crippen molar-refractivity contribution in [3.8, 4) is 11.3 Å². The topological polar surface area (TPSA) is 37.8 Å².